The Morgan fingerprint density at radius 3 is 2.77 bits per heavy atom. The lowest BCUT2D eigenvalue weighted by molar-refractivity contribution is 0.0952. The molecule has 4 rings (SSSR count). The summed E-state index contributed by atoms with van der Waals surface area (Å²) >= 11 is 0. The minimum absolute atomic E-state index is 0.156. The largest absolute Gasteiger partial charge is 0.352 e. The van der Waals surface area contributed by atoms with E-state index in [4.69, 9.17) is 0 Å². The third-order valence-electron chi connectivity index (χ3n) is 5.50. The molecule has 0 atom stereocenters. The van der Waals surface area contributed by atoms with Crippen molar-refractivity contribution in [2.75, 3.05) is 6.54 Å². The Hall–Kier alpha value is -3.48. The maximum Gasteiger partial charge on any atom is 0.265 e. The van der Waals surface area contributed by atoms with Gasteiger partial charge in [0.05, 0.1) is 22.8 Å². The fourth-order valence-corrected chi connectivity index (χ4v) is 3.63. The third-order valence-corrected chi connectivity index (χ3v) is 5.50. The first-order valence-electron chi connectivity index (χ1n) is 10.7. The van der Waals surface area contributed by atoms with E-state index in [0.717, 1.165) is 31.4 Å². The number of aromatic nitrogens is 4. The predicted molar refractivity (Wildman–Crippen MR) is 121 cm³/mol. The Labute approximate surface area is 180 Å². The van der Waals surface area contributed by atoms with Gasteiger partial charge in [-0.2, -0.15) is 0 Å². The molecule has 0 saturated carbocycles. The van der Waals surface area contributed by atoms with Crippen molar-refractivity contribution in [1.82, 2.24) is 24.3 Å². The minimum Gasteiger partial charge on any atom is -0.352 e. The zero-order valence-electron chi connectivity index (χ0n) is 17.9. The molecular formula is C24H27N5O2. The highest BCUT2D eigenvalue weighted by molar-refractivity contribution is 5.94. The van der Waals surface area contributed by atoms with Gasteiger partial charge >= 0.3 is 0 Å². The highest BCUT2D eigenvalue weighted by Crippen LogP contribution is 2.19. The molecule has 4 aromatic rings. The van der Waals surface area contributed by atoms with Crippen molar-refractivity contribution < 1.29 is 4.79 Å². The average molecular weight is 418 g/mol. The van der Waals surface area contributed by atoms with Gasteiger partial charge in [0.15, 0.2) is 0 Å². The number of benzene rings is 1. The number of imidazole rings is 1. The van der Waals surface area contributed by atoms with Gasteiger partial charge in [-0.25, -0.2) is 9.97 Å². The molecule has 1 N–H and O–H groups in total. The maximum absolute atomic E-state index is 13.1. The van der Waals surface area contributed by atoms with E-state index >= 15 is 0 Å². The predicted octanol–water partition coefficient (Wildman–Crippen LogP) is 3.77. The number of hydrogen-bond acceptors (Lipinski definition) is 4. The molecule has 0 radical (unpaired) electrons. The van der Waals surface area contributed by atoms with Gasteiger partial charge in [0.25, 0.3) is 11.5 Å². The fraction of sp³-hybridized carbons (Fsp3) is 0.333. The molecule has 0 aliphatic rings. The van der Waals surface area contributed by atoms with Crippen LogP contribution in [0.4, 0.5) is 0 Å². The van der Waals surface area contributed by atoms with Crippen LogP contribution in [0.1, 0.15) is 54.9 Å². The quantitative estimate of drug-likeness (QED) is 0.350. The number of carbonyl (C=O) groups excluding carboxylic acids is 1. The zero-order valence-corrected chi connectivity index (χ0v) is 17.9. The summed E-state index contributed by atoms with van der Waals surface area (Å²) in [6.07, 6.45) is 10.1. The lowest BCUT2D eigenvalue weighted by Crippen LogP contribution is -2.26. The summed E-state index contributed by atoms with van der Waals surface area (Å²) in [6, 6.07) is 9.23. The van der Waals surface area contributed by atoms with Gasteiger partial charge in [0.1, 0.15) is 5.65 Å². The van der Waals surface area contributed by atoms with Gasteiger partial charge in [-0.05, 0) is 55.0 Å². The minimum atomic E-state index is -0.181. The van der Waals surface area contributed by atoms with Gasteiger partial charge in [-0.3, -0.25) is 14.0 Å². The fourth-order valence-electron chi connectivity index (χ4n) is 3.63. The molecule has 0 unspecified atom stereocenters. The van der Waals surface area contributed by atoms with E-state index < -0.39 is 0 Å². The molecule has 160 valence electrons. The van der Waals surface area contributed by atoms with E-state index in [2.05, 4.69) is 29.1 Å². The Morgan fingerprint density at radius 1 is 1.13 bits per heavy atom. The normalized spacial score (nSPS) is 11.5. The molecule has 0 aliphatic heterocycles. The molecule has 7 heteroatoms. The summed E-state index contributed by atoms with van der Waals surface area (Å²) < 4.78 is 3.51. The van der Waals surface area contributed by atoms with Crippen molar-refractivity contribution in [1.29, 1.82) is 0 Å². The van der Waals surface area contributed by atoms with Gasteiger partial charge in [-0.15, -0.1) is 0 Å². The number of unbranched alkanes of at least 4 members (excludes halogenated alkanes) is 2. The summed E-state index contributed by atoms with van der Waals surface area (Å²) in [5, 5.41) is 3.51. The second kappa shape index (κ2) is 9.12. The zero-order chi connectivity index (χ0) is 21.8. The number of pyridine rings is 1. The number of hydrogen-bond donors (Lipinski definition) is 1. The first-order chi connectivity index (χ1) is 15.0. The first kappa shape index (κ1) is 20.8. The summed E-state index contributed by atoms with van der Waals surface area (Å²) in [4.78, 5) is 34.2. The van der Waals surface area contributed by atoms with Crippen LogP contribution < -0.4 is 10.9 Å². The molecule has 0 saturated heterocycles. The van der Waals surface area contributed by atoms with Crippen LogP contribution in [0, 0.1) is 0 Å². The molecule has 0 aliphatic carbocycles. The second-order valence-electron chi connectivity index (χ2n) is 8.11. The highest BCUT2D eigenvalue weighted by atomic mass is 16.1. The third kappa shape index (κ3) is 4.66. The van der Waals surface area contributed by atoms with Gasteiger partial charge < -0.3 is 9.88 Å². The van der Waals surface area contributed by atoms with Crippen LogP contribution in [-0.4, -0.2) is 31.4 Å². The SMILES string of the molecule is CC(C)c1ccc2nc3ccc(C(=O)NCCCCCn4ccnc4)cn3c(=O)c2c1. The number of nitrogens with zero attached hydrogens (tertiary/aromatic N) is 4. The molecule has 0 fully saturated rings. The summed E-state index contributed by atoms with van der Waals surface area (Å²) in [7, 11) is 0. The van der Waals surface area contributed by atoms with E-state index in [-0.39, 0.29) is 11.5 Å². The second-order valence-corrected chi connectivity index (χ2v) is 8.11. The number of amides is 1. The molecule has 3 aromatic heterocycles. The van der Waals surface area contributed by atoms with Crippen LogP contribution in [0.2, 0.25) is 0 Å². The molecule has 1 aromatic carbocycles. The molecule has 0 bridgehead atoms. The van der Waals surface area contributed by atoms with E-state index in [0.29, 0.717) is 34.6 Å². The number of carbonyl (C=O) groups is 1. The van der Waals surface area contributed by atoms with Crippen LogP contribution in [0.25, 0.3) is 16.6 Å². The van der Waals surface area contributed by atoms with E-state index in [1.807, 2.05) is 35.3 Å². The lowest BCUT2D eigenvalue weighted by atomic mass is 10.0. The number of aryl methyl sites for hydroxylation is 1. The Morgan fingerprint density at radius 2 is 2.00 bits per heavy atom. The Bertz CT molecular complexity index is 1260. The molecule has 31 heavy (non-hydrogen) atoms. The monoisotopic (exact) mass is 417 g/mol. The van der Waals surface area contributed by atoms with Crippen molar-refractivity contribution in [3.63, 3.8) is 0 Å². The van der Waals surface area contributed by atoms with E-state index in [9.17, 15) is 9.59 Å². The Kier molecular flexibility index (Phi) is 6.11. The smallest absolute Gasteiger partial charge is 0.265 e. The lowest BCUT2D eigenvalue weighted by Gasteiger charge is -2.09. The van der Waals surface area contributed by atoms with Crippen molar-refractivity contribution in [2.24, 2.45) is 0 Å². The van der Waals surface area contributed by atoms with Crippen molar-refractivity contribution in [2.45, 2.75) is 45.6 Å². The summed E-state index contributed by atoms with van der Waals surface area (Å²) in [6.45, 7) is 5.71. The maximum atomic E-state index is 13.1. The van der Waals surface area contributed by atoms with Crippen LogP contribution >= 0.6 is 0 Å². The molecule has 1 amide bonds. The average Bonchev–Trinajstić information content (AvgIpc) is 3.29. The molecule has 7 nitrogen and oxygen atoms in total. The van der Waals surface area contributed by atoms with E-state index in [1.165, 1.54) is 4.40 Å². The molecule has 0 spiro atoms. The van der Waals surface area contributed by atoms with Gasteiger partial charge in [0.2, 0.25) is 0 Å². The first-order valence-corrected chi connectivity index (χ1v) is 10.7. The van der Waals surface area contributed by atoms with Gasteiger partial charge in [0, 0.05) is 31.7 Å². The number of fused-ring (bicyclic) bond motifs is 2. The summed E-state index contributed by atoms with van der Waals surface area (Å²) in [5.74, 6) is 0.140. The number of nitrogens with one attached hydrogen (secondary N) is 1. The van der Waals surface area contributed by atoms with Gasteiger partial charge in [-0.1, -0.05) is 19.9 Å². The van der Waals surface area contributed by atoms with Crippen LogP contribution in [0.3, 0.4) is 0 Å². The molecular weight excluding hydrogens is 390 g/mol. The highest BCUT2D eigenvalue weighted by Gasteiger charge is 2.11. The van der Waals surface area contributed by atoms with Crippen LogP contribution in [0.5, 0.6) is 0 Å². The van der Waals surface area contributed by atoms with Crippen LogP contribution in [0.15, 0.2) is 60.0 Å². The Balaban J connectivity index is 1.43. The van der Waals surface area contributed by atoms with Crippen molar-refractivity contribution in [3.8, 4) is 0 Å². The topological polar surface area (TPSA) is 81.3 Å². The summed E-state index contributed by atoms with van der Waals surface area (Å²) in [5.41, 5.74) is 2.59. The van der Waals surface area contributed by atoms with E-state index in [1.54, 1.807) is 24.5 Å². The molecule has 3 heterocycles. The standard InChI is InChI=1S/C24H27N5O2/c1-17(2)18-6-8-21-20(14-18)24(31)29-15-19(7-9-22(29)27-21)23(30)26-10-4-3-5-12-28-13-11-25-16-28/h6-9,11,13-17H,3-5,10,12H2,1-2H3,(H,26,30). The van der Waals surface area contributed by atoms with Crippen molar-refractivity contribution >= 4 is 22.5 Å². The van der Waals surface area contributed by atoms with Crippen LogP contribution in [-0.2, 0) is 6.54 Å². The number of rotatable bonds is 8. The van der Waals surface area contributed by atoms with Crippen molar-refractivity contribution in [3.05, 3.63) is 76.7 Å².